The van der Waals surface area contributed by atoms with Crippen molar-refractivity contribution < 1.29 is 4.74 Å². The molecule has 0 aliphatic heterocycles. The highest BCUT2D eigenvalue weighted by Gasteiger charge is 2.29. The number of H-pyrrole nitrogens is 1. The van der Waals surface area contributed by atoms with Gasteiger partial charge in [0.1, 0.15) is 16.0 Å². The first-order chi connectivity index (χ1) is 9.60. The molecule has 0 amide bonds. The maximum absolute atomic E-state index is 12.0. The molecule has 1 aliphatic rings. The molecular formula is C14H12BrClN2O2. The van der Waals surface area contributed by atoms with E-state index in [2.05, 4.69) is 25.9 Å². The lowest BCUT2D eigenvalue weighted by molar-refractivity contribution is 0.415. The van der Waals surface area contributed by atoms with Crippen LogP contribution in [0, 0.1) is 0 Å². The van der Waals surface area contributed by atoms with Crippen LogP contribution in [-0.2, 0) is 0 Å². The lowest BCUT2D eigenvalue weighted by Crippen LogP contribution is -2.13. The fourth-order valence-electron chi connectivity index (χ4n) is 2.05. The zero-order valence-electron chi connectivity index (χ0n) is 10.7. The van der Waals surface area contributed by atoms with E-state index in [1.807, 2.05) is 6.07 Å². The predicted molar refractivity (Wildman–Crippen MR) is 81.5 cm³/mol. The summed E-state index contributed by atoms with van der Waals surface area (Å²) >= 11 is 9.42. The number of benzene rings is 1. The molecule has 2 aromatic rings. The molecule has 1 fully saturated rings. The Balaban J connectivity index is 2.10. The number of halogens is 2. The lowest BCUT2D eigenvalue weighted by atomic mass is 10.2. The molecule has 0 radical (unpaired) electrons. The van der Waals surface area contributed by atoms with Crippen molar-refractivity contribution in [1.29, 1.82) is 0 Å². The van der Waals surface area contributed by atoms with Crippen LogP contribution in [0.3, 0.4) is 0 Å². The summed E-state index contributed by atoms with van der Waals surface area (Å²) in [7, 11) is 1.56. The van der Waals surface area contributed by atoms with Gasteiger partial charge in [-0.1, -0.05) is 11.6 Å². The van der Waals surface area contributed by atoms with Gasteiger partial charge in [-0.15, -0.1) is 0 Å². The van der Waals surface area contributed by atoms with E-state index in [9.17, 15) is 4.79 Å². The van der Waals surface area contributed by atoms with Gasteiger partial charge in [0.2, 0.25) is 0 Å². The zero-order valence-corrected chi connectivity index (χ0v) is 13.1. The third-order valence-corrected chi connectivity index (χ3v) is 4.34. The molecule has 0 spiro atoms. The molecule has 104 valence electrons. The zero-order chi connectivity index (χ0) is 14.3. The van der Waals surface area contributed by atoms with Crippen LogP contribution in [0.15, 0.2) is 27.5 Å². The number of ether oxygens (including phenoxy) is 1. The van der Waals surface area contributed by atoms with E-state index < -0.39 is 0 Å². The number of aromatic nitrogens is 2. The third-order valence-electron chi connectivity index (χ3n) is 3.28. The molecule has 1 heterocycles. The Kier molecular flexibility index (Phi) is 3.56. The van der Waals surface area contributed by atoms with Gasteiger partial charge in [-0.25, -0.2) is 4.98 Å². The standard InChI is InChI=1S/C14H12BrClN2O2/c1-20-10-5-4-8(6-9(10)16)13-17-12(7-2-3-7)11(15)14(19)18-13/h4-7H,2-3H2,1H3,(H,17,18,19). The van der Waals surface area contributed by atoms with Gasteiger partial charge in [0.15, 0.2) is 0 Å². The molecule has 1 aromatic carbocycles. The van der Waals surface area contributed by atoms with E-state index in [1.54, 1.807) is 19.2 Å². The second-order valence-electron chi connectivity index (χ2n) is 4.74. The first-order valence-electron chi connectivity index (χ1n) is 6.23. The lowest BCUT2D eigenvalue weighted by Gasteiger charge is -2.08. The second kappa shape index (κ2) is 5.22. The quantitative estimate of drug-likeness (QED) is 0.912. The van der Waals surface area contributed by atoms with Crippen molar-refractivity contribution >= 4 is 27.5 Å². The summed E-state index contributed by atoms with van der Waals surface area (Å²) in [5.41, 5.74) is 1.43. The van der Waals surface area contributed by atoms with Crippen molar-refractivity contribution in [2.75, 3.05) is 7.11 Å². The van der Waals surface area contributed by atoms with Gasteiger partial charge in [-0.3, -0.25) is 4.79 Å². The normalized spacial score (nSPS) is 14.3. The second-order valence-corrected chi connectivity index (χ2v) is 5.94. The Morgan fingerprint density at radius 2 is 2.20 bits per heavy atom. The van der Waals surface area contributed by atoms with Crippen LogP contribution in [0.2, 0.25) is 5.02 Å². The van der Waals surface area contributed by atoms with Crippen LogP contribution < -0.4 is 10.3 Å². The SMILES string of the molecule is COc1ccc(-c2nc(C3CC3)c(Br)c(=O)[nH]2)cc1Cl. The molecule has 1 saturated carbocycles. The summed E-state index contributed by atoms with van der Waals surface area (Å²) in [4.78, 5) is 19.3. The number of nitrogens with one attached hydrogen (secondary N) is 1. The maximum Gasteiger partial charge on any atom is 0.265 e. The summed E-state index contributed by atoms with van der Waals surface area (Å²) < 4.78 is 5.65. The van der Waals surface area contributed by atoms with Crippen LogP contribution in [0.1, 0.15) is 24.5 Å². The van der Waals surface area contributed by atoms with E-state index in [0.29, 0.717) is 27.0 Å². The molecule has 3 rings (SSSR count). The van der Waals surface area contributed by atoms with Gasteiger partial charge in [0.25, 0.3) is 5.56 Å². The van der Waals surface area contributed by atoms with Crippen LogP contribution >= 0.6 is 27.5 Å². The minimum atomic E-state index is -0.163. The Morgan fingerprint density at radius 1 is 1.45 bits per heavy atom. The Bertz CT molecular complexity index is 726. The molecule has 0 atom stereocenters. The van der Waals surface area contributed by atoms with Crippen molar-refractivity contribution in [3.8, 4) is 17.1 Å². The molecule has 0 unspecified atom stereocenters. The minimum Gasteiger partial charge on any atom is -0.495 e. The Labute approximate surface area is 129 Å². The highest BCUT2D eigenvalue weighted by atomic mass is 79.9. The van der Waals surface area contributed by atoms with E-state index >= 15 is 0 Å². The van der Waals surface area contributed by atoms with E-state index in [4.69, 9.17) is 16.3 Å². The summed E-state index contributed by atoms with van der Waals surface area (Å²) in [5, 5.41) is 0.489. The average Bonchev–Trinajstić information content (AvgIpc) is 3.26. The molecule has 1 N–H and O–H groups in total. The van der Waals surface area contributed by atoms with Crippen LogP contribution in [0.5, 0.6) is 5.75 Å². The fourth-order valence-corrected chi connectivity index (χ4v) is 2.82. The van der Waals surface area contributed by atoms with Crippen molar-refractivity contribution in [3.63, 3.8) is 0 Å². The monoisotopic (exact) mass is 354 g/mol. The average molecular weight is 356 g/mol. The van der Waals surface area contributed by atoms with Crippen molar-refractivity contribution in [2.24, 2.45) is 0 Å². The van der Waals surface area contributed by atoms with Gasteiger partial charge in [-0.05, 0) is 47.0 Å². The van der Waals surface area contributed by atoms with Crippen molar-refractivity contribution in [1.82, 2.24) is 9.97 Å². The molecule has 0 saturated heterocycles. The highest BCUT2D eigenvalue weighted by molar-refractivity contribution is 9.10. The third kappa shape index (κ3) is 2.47. The fraction of sp³-hybridized carbons (Fsp3) is 0.286. The van der Waals surface area contributed by atoms with E-state index in [1.165, 1.54) is 0 Å². The van der Waals surface area contributed by atoms with E-state index in [0.717, 1.165) is 24.1 Å². The number of hydrogen-bond acceptors (Lipinski definition) is 3. The topological polar surface area (TPSA) is 55.0 Å². The van der Waals surface area contributed by atoms with Gasteiger partial charge < -0.3 is 9.72 Å². The molecule has 1 aromatic heterocycles. The highest BCUT2D eigenvalue weighted by Crippen LogP contribution is 2.41. The molecule has 4 nitrogen and oxygen atoms in total. The minimum absolute atomic E-state index is 0.163. The summed E-state index contributed by atoms with van der Waals surface area (Å²) in [6.45, 7) is 0. The molecular weight excluding hydrogens is 344 g/mol. The number of hydrogen-bond donors (Lipinski definition) is 1. The van der Waals surface area contributed by atoms with Gasteiger partial charge in [0, 0.05) is 11.5 Å². The summed E-state index contributed by atoms with van der Waals surface area (Å²) in [5.74, 6) is 1.51. The molecule has 1 aliphatic carbocycles. The maximum atomic E-state index is 12.0. The first-order valence-corrected chi connectivity index (χ1v) is 7.41. The number of nitrogens with zero attached hydrogens (tertiary/aromatic N) is 1. The molecule has 20 heavy (non-hydrogen) atoms. The van der Waals surface area contributed by atoms with Crippen LogP contribution in [0.25, 0.3) is 11.4 Å². The van der Waals surface area contributed by atoms with E-state index in [-0.39, 0.29) is 5.56 Å². The smallest absolute Gasteiger partial charge is 0.265 e. The van der Waals surface area contributed by atoms with Gasteiger partial charge in [-0.2, -0.15) is 0 Å². The van der Waals surface area contributed by atoms with Crippen molar-refractivity contribution in [2.45, 2.75) is 18.8 Å². The molecule has 0 bridgehead atoms. The number of aromatic amines is 1. The molecule has 6 heteroatoms. The Hall–Kier alpha value is -1.33. The Morgan fingerprint density at radius 3 is 2.80 bits per heavy atom. The van der Waals surface area contributed by atoms with Crippen LogP contribution in [0.4, 0.5) is 0 Å². The first kappa shape index (κ1) is 13.6. The summed E-state index contributed by atoms with van der Waals surface area (Å²) in [6, 6.07) is 5.33. The largest absolute Gasteiger partial charge is 0.495 e. The van der Waals surface area contributed by atoms with Gasteiger partial charge >= 0.3 is 0 Å². The van der Waals surface area contributed by atoms with Crippen molar-refractivity contribution in [3.05, 3.63) is 43.7 Å². The predicted octanol–water partition coefficient (Wildman–Crippen LogP) is 3.74. The summed E-state index contributed by atoms with van der Waals surface area (Å²) in [6.07, 6.45) is 2.16. The van der Waals surface area contributed by atoms with Crippen LogP contribution in [-0.4, -0.2) is 17.1 Å². The van der Waals surface area contributed by atoms with Gasteiger partial charge in [0.05, 0.1) is 17.8 Å². The number of methoxy groups -OCH3 is 1. The number of rotatable bonds is 3.